The molecule has 3 aromatic carbocycles. The van der Waals surface area contributed by atoms with Gasteiger partial charge in [-0.1, -0.05) is 91.0 Å². The summed E-state index contributed by atoms with van der Waals surface area (Å²) in [5.41, 5.74) is 2.72. The molecule has 34 heavy (non-hydrogen) atoms. The van der Waals surface area contributed by atoms with Crippen LogP contribution in [0.3, 0.4) is 0 Å². The quantitative estimate of drug-likeness (QED) is 0.250. The fourth-order valence-corrected chi connectivity index (χ4v) is 4.78. The van der Waals surface area contributed by atoms with Crippen molar-refractivity contribution in [3.63, 3.8) is 0 Å². The molecule has 0 aliphatic carbocycles. The summed E-state index contributed by atoms with van der Waals surface area (Å²) in [5, 5.41) is 9.13. The number of benzene rings is 3. The maximum absolute atomic E-state index is 13.1. The van der Waals surface area contributed by atoms with E-state index >= 15 is 0 Å². The van der Waals surface area contributed by atoms with E-state index in [4.69, 9.17) is 14.4 Å². The van der Waals surface area contributed by atoms with Crippen LogP contribution in [0.2, 0.25) is 0 Å². The Kier molecular flexibility index (Phi) is 10.1. The highest BCUT2D eigenvalue weighted by Crippen LogP contribution is 2.32. The van der Waals surface area contributed by atoms with Gasteiger partial charge in [-0.3, -0.25) is 14.2 Å². The first kappa shape index (κ1) is 25.4. The van der Waals surface area contributed by atoms with Gasteiger partial charge in [0.1, 0.15) is 6.10 Å². The average molecular weight is 480 g/mol. The Morgan fingerprint density at radius 3 is 1.97 bits per heavy atom. The number of aliphatic carboxylic acids is 1. The molecule has 0 radical (unpaired) electrons. The molecule has 0 fully saturated rings. The molecule has 0 aliphatic heterocycles. The molecule has 0 aliphatic rings. The van der Waals surface area contributed by atoms with Crippen LogP contribution in [0.25, 0.3) is 0 Å². The first-order chi connectivity index (χ1) is 16.5. The Hall–Kier alpha value is -3.21. The van der Waals surface area contributed by atoms with E-state index in [-0.39, 0.29) is 25.6 Å². The zero-order valence-corrected chi connectivity index (χ0v) is 19.8. The van der Waals surface area contributed by atoms with Crippen LogP contribution in [0.1, 0.15) is 35.6 Å². The minimum atomic E-state index is -2.58. The molecule has 3 atom stereocenters. The van der Waals surface area contributed by atoms with Crippen LogP contribution in [0, 0.1) is 5.92 Å². The van der Waals surface area contributed by atoms with Gasteiger partial charge in [0, 0.05) is 19.0 Å². The lowest BCUT2D eigenvalue weighted by atomic mass is 10.0. The van der Waals surface area contributed by atoms with E-state index in [2.05, 4.69) is 0 Å². The number of hydrogen-bond donors (Lipinski definition) is 1. The van der Waals surface area contributed by atoms with Gasteiger partial charge >= 0.3 is 11.9 Å². The number of carbonyl (C=O) groups is 2. The Bertz CT molecular complexity index is 1060. The van der Waals surface area contributed by atoms with Gasteiger partial charge in [-0.05, 0) is 23.1 Å². The number of carbonyl (C=O) groups excluding carboxylic acids is 1. The standard InChI is InChI=1S/C27H29O6P/c28-26(29)17-16-24(20-34(31)32-19-22-12-6-2-7-13-22)27(30)33-25(23-14-8-3-9-15-23)18-21-10-4-1-5-11-21/h1-15,24-25,34H,16-20H2,(H,28,29). The Morgan fingerprint density at radius 2 is 1.38 bits per heavy atom. The van der Waals surface area contributed by atoms with Crippen molar-refractivity contribution in [3.8, 4) is 0 Å². The van der Waals surface area contributed by atoms with Crippen LogP contribution in [-0.2, 0) is 36.4 Å². The van der Waals surface area contributed by atoms with Crippen molar-refractivity contribution >= 4 is 20.0 Å². The maximum Gasteiger partial charge on any atom is 0.310 e. The lowest BCUT2D eigenvalue weighted by Gasteiger charge is -2.22. The van der Waals surface area contributed by atoms with Gasteiger partial charge in [-0.2, -0.15) is 0 Å². The van der Waals surface area contributed by atoms with Crippen molar-refractivity contribution in [3.05, 3.63) is 108 Å². The zero-order valence-electron chi connectivity index (χ0n) is 18.8. The monoisotopic (exact) mass is 480 g/mol. The first-order valence-electron chi connectivity index (χ1n) is 11.2. The number of rotatable bonds is 13. The molecule has 0 bridgehead atoms. The van der Waals surface area contributed by atoms with Crippen LogP contribution < -0.4 is 0 Å². The fourth-order valence-electron chi connectivity index (χ4n) is 3.56. The van der Waals surface area contributed by atoms with Crippen LogP contribution in [-0.4, -0.2) is 23.2 Å². The molecule has 0 spiro atoms. The third kappa shape index (κ3) is 8.62. The summed E-state index contributed by atoms with van der Waals surface area (Å²) in [7, 11) is -2.58. The van der Waals surface area contributed by atoms with E-state index in [0.717, 1.165) is 16.7 Å². The molecule has 7 heteroatoms. The van der Waals surface area contributed by atoms with Crippen molar-refractivity contribution in [2.45, 2.75) is 32.0 Å². The van der Waals surface area contributed by atoms with Crippen molar-refractivity contribution in [1.29, 1.82) is 0 Å². The first-order valence-corrected chi connectivity index (χ1v) is 12.7. The Labute approximate surface area is 200 Å². The summed E-state index contributed by atoms with van der Waals surface area (Å²) < 4.78 is 24.0. The van der Waals surface area contributed by atoms with E-state index in [1.165, 1.54) is 0 Å². The summed E-state index contributed by atoms with van der Waals surface area (Å²) in [5.74, 6) is -2.42. The van der Waals surface area contributed by atoms with Gasteiger partial charge < -0.3 is 14.4 Å². The second-order valence-corrected chi connectivity index (χ2v) is 9.45. The molecule has 0 saturated heterocycles. The molecule has 3 aromatic rings. The van der Waals surface area contributed by atoms with E-state index in [0.29, 0.717) is 6.42 Å². The minimum absolute atomic E-state index is 0.0338. The predicted molar refractivity (Wildman–Crippen MR) is 131 cm³/mol. The van der Waals surface area contributed by atoms with Crippen molar-refractivity contribution in [2.75, 3.05) is 6.16 Å². The topological polar surface area (TPSA) is 89.9 Å². The molecule has 178 valence electrons. The number of esters is 1. The zero-order chi connectivity index (χ0) is 24.2. The summed E-state index contributed by atoms with van der Waals surface area (Å²) >= 11 is 0. The van der Waals surface area contributed by atoms with Crippen molar-refractivity contribution in [2.24, 2.45) is 5.92 Å². The Balaban J connectivity index is 1.69. The van der Waals surface area contributed by atoms with Crippen LogP contribution in [0.15, 0.2) is 91.0 Å². The Morgan fingerprint density at radius 1 is 0.824 bits per heavy atom. The smallest absolute Gasteiger partial charge is 0.310 e. The molecule has 6 nitrogen and oxygen atoms in total. The van der Waals surface area contributed by atoms with E-state index in [9.17, 15) is 14.2 Å². The summed E-state index contributed by atoms with van der Waals surface area (Å²) in [4.78, 5) is 24.3. The average Bonchev–Trinajstić information content (AvgIpc) is 2.86. The molecule has 3 rings (SSSR count). The number of ether oxygens (including phenoxy) is 1. The predicted octanol–water partition coefficient (Wildman–Crippen LogP) is 5.69. The third-order valence-electron chi connectivity index (χ3n) is 5.39. The highest BCUT2D eigenvalue weighted by atomic mass is 31.1. The molecule has 0 amide bonds. The molecular weight excluding hydrogens is 451 g/mol. The van der Waals surface area contributed by atoms with Crippen molar-refractivity contribution in [1.82, 2.24) is 0 Å². The molecule has 0 saturated carbocycles. The number of carboxylic acid groups (broad SMARTS) is 1. The summed E-state index contributed by atoms with van der Waals surface area (Å²) in [6.45, 7) is 0.167. The van der Waals surface area contributed by atoms with Gasteiger partial charge in [0.05, 0.1) is 12.5 Å². The largest absolute Gasteiger partial charge is 0.481 e. The highest BCUT2D eigenvalue weighted by Gasteiger charge is 2.27. The molecular formula is C27H29O6P. The molecule has 1 N–H and O–H groups in total. The van der Waals surface area contributed by atoms with Gasteiger partial charge in [-0.25, -0.2) is 0 Å². The lowest BCUT2D eigenvalue weighted by Crippen LogP contribution is -2.24. The van der Waals surface area contributed by atoms with Gasteiger partial charge in [0.25, 0.3) is 0 Å². The lowest BCUT2D eigenvalue weighted by molar-refractivity contribution is -0.154. The van der Waals surface area contributed by atoms with Gasteiger partial charge in [0.2, 0.25) is 0 Å². The van der Waals surface area contributed by atoms with Crippen LogP contribution >= 0.6 is 8.03 Å². The summed E-state index contributed by atoms with van der Waals surface area (Å²) in [6.07, 6.45) is -0.316. The summed E-state index contributed by atoms with van der Waals surface area (Å²) in [6, 6.07) is 28.4. The normalized spacial score (nSPS) is 13.5. The second kappa shape index (κ2) is 13.5. The van der Waals surface area contributed by atoms with E-state index < -0.39 is 32.0 Å². The van der Waals surface area contributed by atoms with Gasteiger partial charge in [0.15, 0.2) is 8.03 Å². The second-order valence-electron chi connectivity index (χ2n) is 8.01. The molecule has 0 heterocycles. The number of hydrogen-bond acceptors (Lipinski definition) is 5. The molecule has 0 aromatic heterocycles. The van der Waals surface area contributed by atoms with Gasteiger partial charge in [-0.15, -0.1) is 0 Å². The maximum atomic E-state index is 13.1. The van der Waals surface area contributed by atoms with Crippen molar-refractivity contribution < 1.29 is 28.5 Å². The molecule has 3 unspecified atom stereocenters. The highest BCUT2D eigenvalue weighted by molar-refractivity contribution is 7.39. The SMILES string of the molecule is O=C(O)CCC(C[PH](=O)OCc1ccccc1)C(=O)OC(Cc1ccccc1)c1ccccc1. The van der Waals surface area contributed by atoms with E-state index in [1.807, 2.05) is 91.0 Å². The van der Waals surface area contributed by atoms with E-state index in [1.54, 1.807) is 0 Å². The van der Waals surface area contributed by atoms with Crippen LogP contribution in [0.4, 0.5) is 0 Å². The fraction of sp³-hybridized carbons (Fsp3) is 0.259. The number of carboxylic acids is 1. The minimum Gasteiger partial charge on any atom is -0.481 e. The third-order valence-corrected chi connectivity index (χ3v) is 6.68. The van der Waals surface area contributed by atoms with Crippen LogP contribution in [0.5, 0.6) is 0 Å².